The molecule has 0 aromatic rings. The molecule has 134 valence electrons. The molecule has 0 spiro atoms. The fourth-order valence-electron chi connectivity index (χ4n) is 4.13. The molecule has 3 rings (SSSR count). The summed E-state index contributed by atoms with van der Waals surface area (Å²) in [7, 11) is 0. The first-order chi connectivity index (χ1) is 11.5. The number of piperidine rings is 1. The largest absolute Gasteiger partial charge is 0.342 e. The summed E-state index contributed by atoms with van der Waals surface area (Å²) in [6.07, 6.45) is 6.44. The van der Waals surface area contributed by atoms with Crippen molar-refractivity contribution in [1.82, 2.24) is 20.4 Å². The van der Waals surface area contributed by atoms with E-state index >= 15 is 0 Å². The monoisotopic (exact) mass is 336 g/mol. The number of carbonyl (C=O) groups is 3. The van der Waals surface area contributed by atoms with E-state index in [0.717, 1.165) is 45.3 Å². The summed E-state index contributed by atoms with van der Waals surface area (Å²) in [5.74, 6) is -0.0181. The Balaban J connectivity index is 1.58. The zero-order valence-corrected chi connectivity index (χ0v) is 14.5. The van der Waals surface area contributed by atoms with Crippen LogP contribution in [0.3, 0.4) is 0 Å². The number of nitrogens with zero attached hydrogens (tertiary/aromatic N) is 2. The summed E-state index contributed by atoms with van der Waals surface area (Å²) >= 11 is 0. The molecule has 0 bridgehead atoms. The summed E-state index contributed by atoms with van der Waals surface area (Å²) in [4.78, 5) is 40.3. The van der Waals surface area contributed by atoms with Gasteiger partial charge in [-0.15, -0.1) is 0 Å². The van der Waals surface area contributed by atoms with E-state index in [9.17, 15) is 14.4 Å². The normalized spacial score (nSPS) is 32.2. The zero-order valence-electron chi connectivity index (χ0n) is 14.5. The first-order valence-electron chi connectivity index (χ1n) is 9.13. The number of amides is 4. The van der Waals surface area contributed by atoms with Gasteiger partial charge in [0.2, 0.25) is 5.91 Å². The fourth-order valence-corrected chi connectivity index (χ4v) is 4.13. The Morgan fingerprint density at radius 3 is 2.46 bits per heavy atom. The predicted octanol–water partition coefficient (Wildman–Crippen LogP) is 0.699. The molecule has 2 atom stereocenters. The SMILES string of the molecule is C[C@@]1([C@H]2CCCN(CC(=O)N3CCCCCC3)C2)NC(=O)NC1=O. The molecule has 0 aromatic heterocycles. The van der Waals surface area contributed by atoms with Crippen LogP contribution in [0.4, 0.5) is 4.79 Å². The average Bonchev–Trinajstić information content (AvgIpc) is 2.75. The number of nitrogens with one attached hydrogen (secondary N) is 2. The number of hydrogen-bond donors (Lipinski definition) is 2. The molecule has 0 radical (unpaired) electrons. The Morgan fingerprint density at radius 2 is 1.83 bits per heavy atom. The van der Waals surface area contributed by atoms with E-state index in [1.54, 1.807) is 6.92 Å². The molecule has 2 N–H and O–H groups in total. The van der Waals surface area contributed by atoms with Gasteiger partial charge >= 0.3 is 6.03 Å². The molecule has 3 fully saturated rings. The standard InChI is InChI=1S/C17H28N4O3/c1-17(15(23)18-16(24)19-17)13-7-6-8-20(11-13)12-14(22)21-9-4-2-3-5-10-21/h13H,2-12H2,1H3,(H2,18,19,23,24)/t13-,17-/m0/s1. The van der Waals surface area contributed by atoms with E-state index in [4.69, 9.17) is 0 Å². The van der Waals surface area contributed by atoms with Crippen molar-refractivity contribution in [3.8, 4) is 0 Å². The maximum atomic E-state index is 12.6. The molecule has 7 nitrogen and oxygen atoms in total. The molecule has 4 amide bonds. The van der Waals surface area contributed by atoms with Gasteiger partial charge < -0.3 is 10.2 Å². The second-order valence-corrected chi connectivity index (χ2v) is 7.48. The molecule has 3 saturated heterocycles. The van der Waals surface area contributed by atoms with Crippen molar-refractivity contribution in [2.45, 2.75) is 51.0 Å². The van der Waals surface area contributed by atoms with Crippen molar-refractivity contribution in [2.24, 2.45) is 5.92 Å². The third-order valence-corrected chi connectivity index (χ3v) is 5.71. The quantitative estimate of drug-likeness (QED) is 0.743. The number of likely N-dealkylation sites (tertiary alicyclic amines) is 2. The van der Waals surface area contributed by atoms with Gasteiger partial charge in [-0.2, -0.15) is 0 Å². The van der Waals surface area contributed by atoms with Crippen LogP contribution in [-0.2, 0) is 9.59 Å². The molecule has 3 heterocycles. The van der Waals surface area contributed by atoms with Crippen LogP contribution < -0.4 is 10.6 Å². The highest BCUT2D eigenvalue weighted by Gasteiger charge is 2.49. The van der Waals surface area contributed by atoms with Crippen molar-refractivity contribution in [3.63, 3.8) is 0 Å². The fraction of sp³-hybridized carbons (Fsp3) is 0.824. The Morgan fingerprint density at radius 1 is 1.12 bits per heavy atom. The minimum absolute atomic E-state index is 0.0367. The number of rotatable bonds is 3. The molecule has 7 heteroatoms. The molecular weight excluding hydrogens is 308 g/mol. The maximum absolute atomic E-state index is 12.6. The zero-order chi connectivity index (χ0) is 17.2. The number of carbonyl (C=O) groups excluding carboxylic acids is 3. The predicted molar refractivity (Wildman–Crippen MR) is 89.3 cm³/mol. The molecule has 0 unspecified atom stereocenters. The van der Waals surface area contributed by atoms with Crippen molar-refractivity contribution in [1.29, 1.82) is 0 Å². The third kappa shape index (κ3) is 3.55. The Labute approximate surface area is 143 Å². The molecule has 0 aromatic carbocycles. The van der Waals surface area contributed by atoms with Gasteiger partial charge in [0, 0.05) is 25.6 Å². The van der Waals surface area contributed by atoms with Crippen LogP contribution in [0, 0.1) is 5.92 Å². The molecule has 0 aliphatic carbocycles. The van der Waals surface area contributed by atoms with Crippen LogP contribution in [0.15, 0.2) is 0 Å². The average molecular weight is 336 g/mol. The van der Waals surface area contributed by atoms with Crippen LogP contribution >= 0.6 is 0 Å². The first kappa shape index (κ1) is 17.2. The van der Waals surface area contributed by atoms with E-state index in [1.807, 2.05) is 4.90 Å². The highest BCUT2D eigenvalue weighted by Crippen LogP contribution is 2.29. The molecular formula is C17H28N4O3. The van der Waals surface area contributed by atoms with Gasteiger partial charge in [-0.25, -0.2) is 4.79 Å². The van der Waals surface area contributed by atoms with Crippen LogP contribution in [0.2, 0.25) is 0 Å². The third-order valence-electron chi connectivity index (χ3n) is 5.71. The first-order valence-corrected chi connectivity index (χ1v) is 9.13. The van der Waals surface area contributed by atoms with Gasteiger partial charge in [0.1, 0.15) is 5.54 Å². The lowest BCUT2D eigenvalue weighted by molar-refractivity contribution is -0.133. The van der Waals surface area contributed by atoms with Gasteiger partial charge in [-0.05, 0) is 39.2 Å². The Kier molecular flexibility index (Phi) is 5.08. The van der Waals surface area contributed by atoms with E-state index in [-0.39, 0.29) is 17.7 Å². The minimum atomic E-state index is -0.860. The number of hydrogen-bond acceptors (Lipinski definition) is 4. The van der Waals surface area contributed by atoms with E-state index in [0.29, 0.717) is 13.1 Å². The topological polar surface area (TPSA) is 81.8 Å². The smallest absolute Gasteiger partial charge is 0.322 e. The van der Waals surface area contributed by atoms with Crippen LogP contribution in [-0.4, -0.2) is 65.9 Å². The summed E-state index contributed by atoms with van der Waals surface area (Å²) in [5, 5.41) is 5.11. The molecule has 3 aliphatic heterocycles. The second kappa shape index (κ2) is 7.09. The molecule has 3 aliphatic rings. The van der Waals surface area contributed by atoms with Gasteiger partial charge in [-0.1, -0.05) is 12.8 Å². The summed E-state index contributed by atoms with van der Waals surface area (Å²) in [6.45, 7) is 5.49. The Bertz CT molecular complexity index is 516. The lowest BCUT2D eigenvalue weighted by atomic mass is 9.80. The van der Waals surface area contributed by atoms with E-state index in [2.05, 4.69) is 15.5 Å². The van der Waals surface area contributed by atoms with Gasteiger partial charge in [-0.3, -0.25) is 19.8 Å². The minimum Gasteiger partial charge on any atom is -0.342 e. The van der Waals surface area contributed by atoms with E-state index < -0.39 is 11.6 Å². The lowest BCUT2D eigenvalue weighted by Gasteiger charge is -2.39. The van der Waals surface area contributed by atoms with Crippen LogP contribution in [0.5, 0.6) is 0 Å². The molecule has 24 heavy (non-hydrogen) atoms. The van der Waals surface area contributed by atoms with Crippen LogP contribution in [0.1, 0.15) is 45.4 Å². The number of imide groups is 1. The van der Waals surface area contributed by atoms with Gasteiger partial charge in [0.15, 0.2) is 0 Å². The number of urea groups is 1. The van der Waals surface area contributed by atoms with Crippen molar-refractivity contribution >= 4 is 17.8 Å². The lowest BCUT2D eigenvalue weighted by Crippen LogP contribution is -2.56. The highest BCUT2D eigenvalue weighted by atomic mass is 16.2. The summed E-state index contributed by atoms with van der Waals surface area (Å²) in [5.41, 5.74) is -0.860. The van der Waals surface area contributed by atoms with Gasteiger partial charge in [0.05, 0.1) is 6.54 Å². The Hall–Kier alpha value is -1.63. The summed E-state index contributed by atoms with van der Waals surface area (Å²) in [6, 6.07) is -0.416. The van der Waals surface area contributed by atoms with Crippen molar-refractivity contribution in [2.75, 3.05) is 32.7 Å². The second-order valence-electron chi connectivity index (χ2n) is 7.48. The highest BCUT2D eigenvalue weighted by molar-refractivity contribution is 6.07. The van der Waals surface area contributed by atoms with Crippen molar-refractivity contribution < 1.29 is 14.4 Å². The maximum Gasteiger partial charge on any atom is 0.322 e. The van der Waals surface area contributed by atoms with Crippen LogP contribution in [0.25, 0.3) is 0 Å². The van der Waals surface area contributed by atoms with Gasteiger partial charge in [0.25, 0.3) is 5.91 Å². The van der Waals surface area contributed by atoms with Crippen molar-refractivity contribution in [3.05, 3.63) is 0 Å². The summed E-state index contributed by atoms with van der Waals surface area (Å²) < 4.78 is 0. The molecule has 0 saturated carbocycles. The van der Waals surface area contributed by atoms with E-state index in [1.165, 1.54) is 12.8 Å².